The van der Waals surface area contributed by atoms with E-state index in [4.69, 9.17) is 11.6 Å². The minimum absolute atomic E-state index is 0.0695. The van der Waals surface area contributed by atoms with Gasteiger partial charge < -0.3 is 10.1 Å². The summed E-state index contributed by atoms with van der Waals surface area (Å²) < 4.78 is 0. The second-order valence-corrected chi connectivity index (χ2v) is 4.99. The molecule has 2 rings (SSSR count). The van der Waals surface area contributed by atoms with Crippen molar-refractivity contribution in [1.29, 1.82) is 0 Å². The predicted molar refractivity (Wildman–Crippen MR) is 73.0 cm³/mol. The lowest BCUT2D eigenvalue weighted by molar-refractivity contribution is 0.102. The van der Waals surface area contributed by atoms with Crippen molar-refractivity contribution in [2.24, 2.45) is 0 Å². The summed E-state index contributed by atoms with van der Waals surface area (Å²) in [5, 5.41) is 9.77. The Balaban J connectivity index is 2.05. The third kappa shape index (κ3) is 3.59. The number of nitrogens with zero attached hydrogens (tertiary/aromatic N) is 1. The van der Waals surface area contributed by atoms with Gasteiger partial charge in [0.25, 0.3) is 5.56 Å². The molecule has 0 aliphatic carbocycles. The normalized spacial score (nSPS) is 10.4. The lowest BCUT2D eigenvalue weighted by atomic mass is 10.1. The Labute approximate surface area is 117 Å². The number of Topliss-reactive ketones (excluding diaryl/α,β-unsaturated/α-hetero) is 1. The second kappa shape index (κ2) is 5.90. The number of aromatic amines is 1. The number of thioether (sulfide) groups is 1. The number of benzene rings is 1. The maximum absolute atomic E-state index is 11.9. The molecule has 0 radical (unpaired) electrons. The summed E-state index contributed by atoms with van der Waals surface area (Å²) in [5.74, 6) is -0.119. The molecular weight excluding hydrogens is 288 g/mol. The van der Waals surface area contributed by atoms with E-state index in [1.165, 1.54) is 30.5 Å². The van der Waals surface area contributed by atoms with Crippen molar-refractivity contribution in [1.82, 2.24) is 9.97 Å². The Morgan fingerprint density at radius 3 is 2.89 bits per heavy atom. The molecule has 19 heavy (non-hydrogen) atoms. The van der Waals surface area contributed by atoms with E-state index in [9.17, 15) is 14.7 Å². The fourth-order valence-corrected chi connectivity index (χ4v) is 2.25. The number of phenolic OH excluding ortho intramolecular Hbond substituents is 1. The van der Waals surface area contributed by atoms with Crippen LogP contribution < -0.4 is 5.56 Å². The largest absolute Gasteiger partial charge is 0.506 e. The first kappa shape index (κ1) is 13.6. The zero-order valence-corrected chi connectivity index (χ0v) is 11.2. The van der Waals surface area contributed by atoms with Gasteiger partial charge in [-0.1, -0.05) is 23.4 Å². The molecule has 1 aromatic carbocycles. The summed E-state index contributed by atoms with van der Waals surface area (Å²) in [5.41, 5.74) is 0.131. The average molecular weight is 297 g/mol. The summed E-state index contributed by atoms with van der Waals surface area (Å²) in [6, 6.07) is 5.56. The number of hydrogen-bond acceptors (Lipinski definition) is 5. The number of phenols is 1. The van der Waals surface area contributed by atoms with E-state index in [1.807, 2.05) is 0 Å². The first-order chi connectivity index (χ1) is 9.06. The highest BCUT2D eigenvalue weighted by atomic mass is 35.5. The Hall–Kier alpha value is -1.79. The van der Waals surface area contributed by atoms with Gasteiger partial charge in [0.2, 0.25) is 0 Å². The molecule has 0 fully saturated rings. The van der Waals surface area contributed by atoms with E-state index in [0.29, 0.717) is 10.7 Å². The highest BCUT2D eigenvalue weighted by Crippen LogP contribution is 2.24. The maximum atomic E-state index is 11.9. The van der Waals surface area contributed by atoms with Gasteiger partial charge >= 0.3 is 0 Å². The summed E-state index contributed by atoms with van der Waals surface area (Å²) in [7, 11) is 0. The maximum Gasteiger partial charge on any atom is 0.251 e. The van der Waals surface area contributed by atoms with Crippen molar-refractivity contribution in [2.45, 2.75) is 5.16 Å². The molecule has 0 aliphatic rings. The van der Waals surface area contributed by atoms with E-state index < -0.39 is 0 Å². The van der Waals surface area contributed by atoms with Crippen LogP contribution >= 0.6 is 23.4 Å². The van der Waals surface area contributed by atoms with Crippen LogP contribution in [0, 0.1) is 0 Å². The van der Waals surface area contributed by atoms with Gasteiger partial charge in [-0.25, -0.2) is 4.98 Å². The van der Waals surface area contributed by atoms with Gasteiger partial charge in [0, 0.05) is 17.8 Å². The van der Waals surface area contributed by atoms with Gasteiger partial charge in [-0.05, 0) is 18.2 Å². The summed E-state index contributed by atoms with van der Waals surface area (Å²) >= 11 is 6.85. The molecule has 0 unspecified atom stereocenters. The fraction of sp³-hybridized carbons (Fsp3) is 0.0833. The molecule has 1 heterocycles. The number of carbonyl (C=O) groups excluding carboxylic acids is 1. The number of carbonyl (C=O) groups is 1. The van der Waals surface area contributed by atoms with Crippen molar-refractivity contribution in [3.63, 3.8) is 0 Å². The van der Waals surface area contributed by atoms with E-state index in [-0.39, 0.29) is 27.9 Å². The molecule has 0 saturated carbocycles. The fourth-order valence-electron chi connectivity index (χ4n) is 1.32. The van der Waals surface area contributed by atoms with Gasteiger partial charge in [0.05, 0.1) is 10.8 Å². The first-order valence-electron chi connectivity index (χ1n) is 5.26. The van der Waals surface area contributed by atoms with Gasteiger partial charge in [-0.3, -0.25) is 9.59 Å². The topological polar surface area (TPSA) is 83.0 Å². The molecule has 0 bridgehead atoms. The highest BCUT2D eigenvalue weighted by molar-refractivity contribution is 7.99. The van der Waals surface area contributed by atoms with Crippen LogP contribution in [0.15, 0.2) is 40.4 Å². The molecule has 0 saturated heterocycles. The van der Waals surface area contributed by atoms with Crippen LogP contribution in [0.1, 0.15) is 10.4 Å². The molecule has 0 atom stereocenters. The molecule has 0 spiro atoms. The second-order valence-electron chi connectivity index (χ2n) is 3.62. The number of nitrogens with one attached hydrogen (secondary N) is 1. The van der Waals surface area contributed by atoms with E-state index >= 15 is 0 Å². The number of H-pyrrole nitrogens is 1. The molecule has 98 valence electrons. The van der Waals surface area contributed by atoms with Crippen LogP contribution in [0.5, 0.6) is 5.75 Å². The molecule has 0 amide bonds. The van der Waals surface area contributed by atoms with Crippen LogP contribution in [0.4, 0.5) is 0 Å². The van der Waals surface area contributed by atoms with Gasteiger partial charge in [0.15, 0.2) is 10.9 Å². The van der Waals surface area contributed by atoms with Crippen molar-refractivity contribution in [3.8, 4) is 5.75 Å². The first-order valence-corrected chi connectivity index (χ1v) is 6.62. The van der Waals surface area contributed by atoms with Gasteiger partial charge in [-0.2, -0.15) is 0 Å². The zero-order chi connectivity index (χ0) is 13.8. The highest BCUT2D eigenvalue weighted by Gasteiger charge is 2.09. The van der Waals surface area contributed by atoms with Crippen molar-refractivity contribution >= 4 is 29.1 Å². The van der Waals surface area contributed by atoms with Crippen LogP contribution in [0.2, 0.25) is 5.02 Å². The lowest BCUT2D eigenvalue weighted by Gasteiger charge is -2.02. The standard InChI is InChI=1S/C12H9ClN2O3S/c13-8-5-7(1-2-9(8)16)10(17)6-19-12-14-4-3-11(18)15-12/h1-5,16H,6H2,(H,14,15,18). The average Bonchev–Trinajstić information content (AvgIpc) is 2.39. The van der Waals surface area contributed by atoms with Gasteiger partial charge in [0.1, 0.15) is 5.75 Å². The molecule has 2 N–H and O–H groups in total. The molecule has 5 nitrogen and oxygen atoms in total. The van der Waals surface area contributed by atoms with Crippen LogP contribution in [-0.4, -0.2) is 26.6 Å². The molecule has 0 aliphatic heterocycles. The van der Waals surface area contributed by atoms with Crippen LogP contribution in [0.25, 0.3) is 0 Å². The minimum atomic E-state index is -0.266. The predicted octanol–water partition coefficient (Wildman–Crippen LogP) is 2.10. The monoisotopic (exact) mass is 296 g/mol. The van der Waals surface area contributed by atoms with E-state index in [1.54, 1.807) is 0 Å². The van der Waals surface area contributed by atoms with Crippen molar-refractivity contribution < 1.29 is 9.90 Å². The third-order valence-electron chi connectivity index (χ3n) is 2.26. The lowest BCUT2D eigenvalue weighted by Crippen LogP contribution is -2.08. The van der Waals surface area contributed by atoms with E-state index in [2.05, 4.69) is 9.97 Å². The summed E-state index contributed by atoms with van der Waals surface area (Å²) in [4.78, 5) is 29.4. The Morgan fingerprint density at radius 1 is 1.42 bits per heavy atom. The van der Waals surface area contributed by atoms with Crippen molar-refractivity contribution in [2.75, 3.05) is 5.75 Å². The molecule has 2 aromatic rings. The third-order valence-corrected chi connectivity index (χ3v) is 3.45. The Kier molecular flexibility index (Phi) is 4.24. The summed E-state index contributed by atoms with van der Waals surface area (Å²) in [6.45, 7) is 0. The smallest absolute Gasteiger partial charge is 0.251 e. The Bertz CT molecular complexity index is 672. The zero-order valence-electron chi connectivity index (χ0n) is 9.59. The van der Waals surface area contributed by atoms with Gasteiger partial charge in [-0.15, -0.1) is 0 Å². The quantitative estimate of drug-likeness (QED) is 0.513. The van der Waals surface area contributed by atoms with Crippen molar-refractivity contribution in [3.05, 3.63) is 51.4 Å². The molecule has 1 aromatic heterocycles. The Morgan fingerprint density at radius 2 is 2.21 bits per heavy atom. The number of aromatic hydroxyl groups is 1. The molecule has 7 heteroatoms. The van der Waals surface area contributed by atoms with Crippen LogP contribution in [0.3, 0.4) is 0 Å². The van der Waals surface area contributed by atoms with E-state index in [0.717, 1.165) is 11.8 Å². The SMILES string of the molecule is O=C(CSc1nccc(=O)[nH]1)c1ccc(O)c(Cl)c1. The minimum Gasteiger partial charge on any atom is -0.506 e. The number of halogens is 1. The number of aromatic nitrogens is 2. The summed E-state index contributed by atoms with van der Waals surface area (Å²) in [6.07, 6.45) is 1.38. The van der Waals surface area contributed by atoms with Crippen LogP contribution in [-0.2, 0) is 0 Å². The number of rotatable bonds is 4. The number of hydrogen-bond donors (Lipinski definition) is 2. The number of ketones is 1. The molecular formula is C12H9ClN2O3S.